The van der Waals surface area contributed by atoms with Crippen LogP contribution in [-0.2, 0) is 5.41 Å². The molecule has 19 aromatic carbocycles. The van der Waals surface area contributed by atoms with Crippen molar-refractivity contribution in [3.8, 4) is 96.4 Å². The highest BCUT2D eigenvalue weighted by atomic mass is 32.1. The van der Waals surface area contributed by atoms with Crippen LogP contribution in [0.5, 0.6) is 0 Å². The Hall–Kier alpha value is -18.3. The molecule has 654 valence electrons. The van der Waals surface area contributed by atoms with Crippen molar-refractivity contribution in [2.75, 3.05) is 0 Å². The molecule has 0 saturated heterocycles. The Bertz CT molecular complexity index is 9870. The quantitative estimate of drug-likeness (QED) is 0.139. The molecule has 0 spiro atoms. The molecule has 0 bridgehead atoms. The normalized spacial score (nSPS) is 12.4. The maximum absolute atomic E-state index is 6.42. The van der Waals surface area contributed by atoms with Crippen molar-refractivity contribution in [1.29, 1.82) is 0 Å². The summed E-state index contributed by atoms with van der Waals surface area (Å²) in [5, 5.41) is 26.0. The summed E-state index contributed by atoms with van der Waals surface area (Å²) in [7, 11) is 0. The van der Waals surface area contributed by atoms with Crippen molar-refractivity contribution < 1.29 is 4.42 Å². The molecule has 1 aliphatic carbocycles. The van der Waals surface area contributed by atoms with Crippen molar-refractivity contribution in [3.63, 3.8) is 0 Å². The number of aromatic nitrogens is 11. The van der Waals surface area contributed by atoms with Gasteiger partial charge in [0.25, 0.3) is 0 Å². The van der Waals surface area contributed by atoms with E-state index in [1.807, 2.05) is 79.1 Å². The second-order valence-electron chi connectivity index (χ2n) is 36.8. The summed E-state index contributed by atoms with van der Waals surface area (Å²) in [6.45, 7) is 4.57. The number of benzene rings is 19. The maximum atomic E-state index is 6.42. The van der Waals surface area contributed by atoms with Gasteiger partial charge in [-0.3, -0.25) is 23.7 Å². The Morgan fingerprint density at radius 1 is 0.257 bits per heavy atom. The van der Waals surface area contributed by atoms with Crippen LogP contribution < -0.4 is 0 Å². The molecule has 12 nitrogen and oxygen atoms in total. The van der Waals surface area contributed by atoms with E-state index < -0.39 is 0 Å². The van der Waals surface area contributed by atoms with Gasteiger partial charge in [-0.05, 0) is 183 Å². The van der Waals surface area contributed by atoms with E-state index >= 15 is 0 Å². The van der Waals surface area contributed by atoms with E-state index in [2.05, 4.69) is 397 Å². The van der Waals surface area contributed by atoms with Gasteiger partial charge in [0, 0.05) is 93.4 Å². The Balaban J connectivity index is 0.000000103. The summed E-state index contributed by atoms with van der Waals surface area (Å²) in [5.74, 6) is 4.55. The van der Waals surface area contributed by atoms with Crippen molar-refractivity contribution in [3.05, 3.63) is 454 Å². The van der Waals surface area contributed by atoms with E-state index in [1.54, 1.807) is 11.3 Å². The lowest BCUT2D eigenvalue weighted by Gasteiger charge is -2.21. The summed E-state index contributed by atoms with van der Waals surface area (Å²) < 4.78 is 14.7. The van der Waals surface area contributed by atoms with E-state index in [9.17, 15) is 0 Å². The second-order valence-corrected chi connectivity index (χ2v) is 37.9. The first-order valence-corrected chi connectivity index (χ1v) is 48.1. The van der Waals surface area contributed by atoms with E-state index in [-0.39, 0.29) is 5.41 Å². The van der Waals surface area contributed by atoms with Gasteiger partial charge in [-0.2, -0.15) is 4.98 Å². The van der Waals surface area contributed by atoms with E-state index in [0.29, 0.717) is 23.1 Å². The largest absolute Gasteiger partial charge is 0.437 e. The number of hydrogen-bond acceptors (Lipinski definition) is 10. The first kappa shape index (κ1) is 80.2. The molecule has 29 aromatic rings. The van der Waals surface area contributed by atoms with Crippen LogP contribution in [0.3, 0.4) is 0 Å². The van der Waals surface area contributed by atoms with Gasteiger partial charge in [0.05, 0.1) is 55.3 Å². The average Bonchev–Trinajstić information content (AvgIpc) is 1.52. The molecule has 0 amide bonds. The molecule has 30 rings (SSSR count). The highest BCUT2D eigenvalue weighted by Crippen LogP contribution is 2.53. The number of para-hydroxylation sites is 1. The van der Waals surface area contributed by atoms with Crippen LogP contribution in [0.15, 0.2) is 448 Å². The molecule has 0 fully saturated rings. The highest BCUT2D eigenvalue weighted by Gasteiger charge is 2.41. The zero-order valence-electron chi connectivity index (χ0n) is 75.9. The minimum absolute atomic E-state index is 0.301. The molecular formula is C127H79N11OS. The van der Waals surface area contributed by atoms with Crippen LogP contribution in [0.1, 0.15) is 25.1 Å². The molecule has 0 radical (unpaired) electrons. The summed E-state index contributed by atoms with van der Waals surface area (Å²) in [6.07, 6.45) is 3.71. The number of fused-ring (bicyclic) bond motifs is 26. The maximum Gasteiger partial charge on any atom is 0.233 e. The summed E-state index contributed by atoms with van der Waals surface area (Å²) in [4.78, 5) is 42.2. The zero-order chi connectivity index (χ0) is 92.4. The first-order chi connectivity index (χ1) is 69.1. The van der Waals surface area contributed by atoms with Crippen LogP contribution >= 0.6 is 11.3 Å². The molecule has 10 heterocycles. The van der Waals surface area contributed by atoms with E-state index in [1.165, 1.54) is 129 Å². The van der Waals surface area contributed by atoms with Crippen LogP contribution in [0.2, 0.25) is 0 Å². The summed E-state index contributed by atoms with van der Waals surface area (Å²) in [6, 6.07) is 153. The topological polar surface area (TPSA) is 131 Å². The van der Waals surface area contributed by atoms with Crippen LogP contribution in [0.4, 0.5) is 0 Å². The molecule has 1 aliphatic rings. The third-order valence-corrected chi connectivity index (χ3v) is 29.5. The van der Waals surface area contributed by atoms with Crippen LogP contribution in [0, 0.1) is 0 Å². The van der Waals surface area contributed by atoms with Gasteiger partial charge in [-0.15, -0.1) is 11.3 Å². The van der Waals surface area contributed by atoms with Crippen molar-refractivity contribution in [1.82, 2.24) is 53.6 Å². The molecule has 0 atom stereocenters. The number of thiophene rings is 1. The minimum atomic E-state index is -0.301. The highest BCUT2D eigenvalue weighted by molar-refractivity contribution is 7.25. The van der Waals surface area contributed by atoms with Crippen molar-refractivity contribution in [2.24, 2.45) is 0 Å². The Morgan fingerprint density at radius 3 is 1.24 bits per heavy atom. The van der Waals surface area contributed by atoms with Gasteiger partial charge in [0.15, 0.2) is 29.1 Å². The lowest BCUT2D eigenvalue weighted by Crippen LogP contribution is -2.18. The molecule has 0 unspecified atom stereocenters. The molecule has 0 N–H and O–H groups in total. The van der Waals surface area contributed by atoms with Crippen LogP contribution in [-0.4, -0.2) is 53.6 Å². The number of nitrogens with zero attached hydrogens (tertiary/aromatic N) is 11. The smallest absolute Gasteiger partial charge is 0.233 e. The fourth-order valence-corrected chi connectivity index (χ4v) is 22.8. The molecule has 10 aromatic heterocycles. The van der Waals surface area contributed by atoms with Gasteiger partial charge in [-0.1, -0.05) is 354 Å². The van der Waals surface area contributed by atoms with Crippen molar-refractivity contribution >= 4 is 184 Å². The predicted octanol–water partition coefficient (Wildman–Crippen LogP) is 33.0. The summed E-state index contributed by atoms with van der Waals surface area (Å²) in [5.41, 5.74) is 21.5. The van der Waals surface area contributed by atoms with Gasteiger partial charge < -0.3 is 4.42 Å². The molecular weight excluding hydrogens is 1730 g/mol. The third kappa shape index (κ3) is 13.0. The number of hydrogen-bond donors (Lipinski definition) is 0. The van der Waals surface area contributed by atoms with Gasteiger partial charge in [-0.25, -0.2) is 24.9 Å². The fourth-order valence-electron chi connectivity index (χ4n) is 21.7. The Kier molecular flexibility index (Phi) is 18.3. The predicted molar refractivity (Wildman–Crippen MR) is 580 cm³/mol. The molecule has 13 heteroatoms. The molecule has 140 heavy (non-hydrogen) atoms. The Morgan fingerprint density at radius 2 is 0.679 bits per heavy atom. The monoisotopic (exact) mass is 1810 g/mol. The number of furan rings is 1. The second kappa shape index (κ2) is 31.9. The van der Waals surface area contributed by atoms with E-state index in [4.69, 9.17) is 39.3 Å². The molecule has 0 aliphatic heterocycles. The van der Waals surface area contributed by atoms with Crippen molar-refractivity contribution in [2.45, 2.75) is 19.3 Å². The average molecular weight is 1810 g/mol. The minimum Gasteiger partial charge on any atom is -0.437 e. The van der Waals surface area contributed by atoms with Gasteiger partial charge in [0.2, 0.25) is 5.71 Å². The fraction of sp³-hybridized carbons (Fsp3) is 0.0236. The Labute approximate surface area is 806 Å². The zero-order valence-corrected chi connectivity index (χ0v) is 76.7. The van der Waals surface area contributed by atoms with Crippen LogP contribution in [0.25, 0.3) is 269 Å². The van der Waals surface area contributed by atoms with Gasteiger partial charge >= 0.3 is 0 Å². The first-order valence-electron chi connectivity index (χ1n) is 47.3. The lowest BCUT2D eigenvalue weighted by molar-refractivity contribution is 0.635. The number of rotatable bonds is 9. The van der Waals surface area contributed by atoms with E-state index in [0.717, 1.165) is 128 Å². The third-order valence-electron chi connectivity index (χ3n) is 28.4. The summed E-state index contributed by atoms with van der Waals surface area (Å²) >= 11 is 1.73. The standard InChI is InChI=1S/C44H30N4.C42H25N3S.C41H24N4O/c1-44(2)35-16-8-7-15-33(35)40-41(44)46-42(29-20-18-28(19-21-29)36-17-9-10-24-45-36)47-43(40)48-37-23-22-27-11-5-6-14-32(27)39(37)34-25-30-12-3-4-13-31(30)26-38(34)48;1-2-10-26(11-3-1)27-18-20-29(21-19-27)40-43-41(39-33-16-8-9-17-37(33)46-42(39)44-40)45-35-23-22-28-12-6-7-15-32(28)38(35)34-24-30-13-4-5-14-31(30)25-36(34)45;1-2-10-25(11-3-1)30-18-19-34(42-24-30)39-43-40(38-31-16-8-9-17-37(31)46-41(38)44-39)45-35-22-28-14-6-4-12-26(28)20-32(35)33-21-27-13-5-7-15-29(27)23-36(33)45/h3-26H,1-2H3;1-25H;1-24H. The van der Waals surface area contributed by atoms with Gasteiger partial charge in [0.1, 0.15) is 21.9 Å². The molecule has 0 saturated carbocycles. The SMILES string of the molecule is CC1(C)c2ccccc2-c2c(-n3c4cc5ccccc5cc4c4c5ccccc5ccc43)nc(-c3ccc(-c4ccccn4)cc3)nc21.c1ccc(-c2ccc(-c3nc(-n4c5cc6ccccc6cc5c5c6ccccc6ccc54)c4c(n3)sc3ccccc34)cc2)cc1.c1ccc(-c2ccc(-c3nc(-n4c5cc6ccccc6cc5c5cc6ccccc6cc54)c4c(n3)oc3ccccc34)nc2)cc1. The lowest BCUT2D eigenvalue weighted by atomic mass is 9.85. The number of pyridine rings is 2.